The first-order chi connectivity index (χ1) is 20.8. The van der Waals surface area contributed by atoms with E-state index < -0.39 is 72.8 Å². The zero-order chi connectivity index (χ0) is 33.5. The number of hydrogen-bond acceptors (Lipinski definition) is 15. The first-order valence-electron chi connectivity index (χ1n) is 11.6. The van der Waals surface area contributed by atoms with E-state index in [1.807, 2.05) is 0 Å². The molecule has 0 atom stereocenters. The van der Waals surface area contributed by atoms with E-state index in [-0.39, 0.29) is 33.6 Å². The molecule has 0 aliphatic rings. The van der Waals surface area contributed by atoms with Crippen molar-refractivity contribution in [2.24, 2.45) is 20.5 Å². The summed E-state index contributed by atoms with van der Waals surface area (Å²) in [4.78, 5) is 8.15. The molecule has 0 amide bonds. The molecule has 45 heavy (non-hydrogen) atoms. The molecule has 0 aromatic heterocycles. The average molecular weight is 683 g/mol. The van der Waals surface area contributed by atoms with Crippen LogP contribution >= 0.6 is 0 Å². The molecule has 0 heterocycles. The maximum absolute atomic E-state index is 12.3. The molecule has 0 bridgehead atoms. The Balaban J connectivity index is 1.91. The number of benzene rings is 4. The van der Waals surface area contributed by atoms with Gasteiger partial charge in [-0.15, -0.1) is 20.5 Å². The summed E-state index contributed by atoms with van der Waals surface area (Å²) in [6.07, 6.45) is 0. The fourth-order valence-electron chi connectivity index (χ4n) is 3.83. The maximum atomic E-state index is 12.3. The van der Waals surface area contributed by atoms with Gasteiger partial charge in [0.05, 0.1) is 22.6 Å². The van der Waals surface area contributed by atoms with Gasteiger partial charge >= 0.3 is 0 Å². The van der Waals surface area contributed by atoms with Crippen LogP contribution in [0.5, 0.6) is 11.5 Å². The molecule has 0 spiro atoms. The highest BCUT2D eigenvalue weighted by molar-refractivity contribution is 7.86. The van der Waals surface area contributed by atoms with Crippen LogP contribution in [0, 0.1) is 10.1 Å². The second kappa shape index (κ2) is 11.8. The van der Waals surface area contributed by atoms with Gasteiger partial charge in [-0.1, -0.05) is 0 Å². The molecule has 0 radical (unpaired) electrons. The minimum Gasteiger partial charge on any atom is -0.505 e. The van der Waals surface area contributed by atoms with Crippen LogP contribution < -0.4 is 10.5 Å². The standard InChI is InChI=1S/C23H18N6O13S3/c1-42-19-9-12(44(36,37)38)3-7-17(19)26-28-22-20(45(39,40)41)10-14-13(23(22)30)4-5-15(24)21(14)27-25-16-6-2-11(43(33,34)35)8-18(16)29(31)32/h2-10,30H,24H2,1H3,(H,33,34,35)(H,36,37,38)(H,39,40,41)/b27-25+,28-26?. The SMILES string of the molecule is COc1cc(S(=O)(=O)O)ccc1N=Nc1c(S(=O)(=O)O)cc2c(/N=N/c3ccc(S(=O)(=O)O)cc3[N+](=O)[O-])c(N)ccc2c1O. The number of nitro groups is 1. The van der Waals surface area contributed by atoms with Crippen molar-refractivity contribution in [3.63, 3.8) is 0 Å². The molecule has 6 N–H and O–H groups in total. The summed E-state index contributed by atoms with van der Waals surface area (Å²) in [7, 11) is -13.5. The minimum absolute atomic E-state index is 0.163. The van der Waals surface area contributed by atoms with Crippen molar-refractivity contribution in [3.8, 4) is 11.5 Å². The van der Waals surface area contributed by atoms with Gasteiger partial charge in [0.1, 0.15) is 32.6 Å². The van der Waals surface area contributed by atoms with Gasteiger partial charge in [-0.25, -0.2) is 0 Å². The predicted molar refractivity (Wildman–Crippen MR) is 154 cm³/mol. The highest BCUT2D eigenvalue weighted by atomic mass is 32.2. The van der Waals surface area contributed by atoms with E-state index in [0.717, 1.165) is 43.5 Å². The van der Waals surface area contributed by atoms with Crippen LogP contribution in [-0.4, -0.2) is 56.1 Å². The van der Waals surface area contributed by atoms with E-state index in [1.165, 1.54) is 12.1 Å². The number of phenolic OH excluding ortho intramolecular Hbond substituents is 1. The Labute approximate surface area is 252 Å². The molecule has 0 aliphatic carbocycles. The Kier molecular flexibility index (Phi) is 8.56. The summed E-state index contributed by atoms with van der Waals surface area (Å²) in [5.74, 6) is -1.09. The summed E-state index contributed by atoms with van der Waals surface area (Å²) in [5, 5.41) is 37.2. The van der Waals surface area contributed by atoms with Gasteiger partial charge in [-0.2, -0.15) is 25.3 Å². The molecule has 4 aromatic rings. The van der Waals surface area contributed by atoms with Gasteiger partial charge in [-0.05, 0) is 42.5 Å². The van der Waals surface area contributed by atoms with Gasteiger partial charge in [0.15, 0.2) is 11.4 Å². The Morgan fingerprint density at radius 1 is 0.733 bits per heavy atom. The number of nitrogens with two attached hydrogens (primary N) is 1. The average Bonchev–Trinajstić information content (AvgIpc) is 2.94. The molecular formula is C23H18N6O13S3. The Bertz CT molecular complexity index is 2290. The fourth-order valence-corrected chi connectivity index (χ4v) is 5.47. The number of phenols is 1. The van der Waals surface area contributed by atoms with Crippen LogP contribution in [0.4, 0.5) is 34.1 Å². The summed E-state index contributed by atoms with van der Waals surface area (Å²) < 4.78 is 104. The minimum atomic E-state index is -5.17. The molecule has 0 saturated heterocycles. The summed E-state index contributed by atoms with van der Waals surface area (Å²) in [6, 6.07) is 8.33. The van der Waals surface area contributed by atoms with Crippen molar-refractivity contribution in [2.45, 2.75) is 14.7 Å². The van der Waals surface area contributed by atoms with Gasteiger partial charge in [0.25, 0.3) is 36.0 Å². The largest absolute Gasteiger partial charge is 0.505 e. The van der Waals surface area contributed by atoms with E-state index in [9.17, 15) is 54.1 Å². The molecular weight excluding hydrogens is 664 g/mol. The number of ether oxygens (including phenoxy) is 1. The van der Waals surface area contributed by atoms with Crippen molar-refractivity contribution < 1.29 is 53.7 Å². The van der Waals surface area contributed by atoms with Gasteiger partial charge < -0.3 is 15.6 Å². The van der Waals surface area contributed by atoms with Crippen LogP contribution in [0.15, 0.2) is 89.7 Å². The fraction of sp³-hybridized carbons (Fsp3) is 0.0435. The summed E-state index contributed by atoms with van der Waals surface area (Å²) in [6.45, 7) is 0. The number of methoxy groups -OCH3 is 1. The second-order valence-electron chi connectivity index (χ2n) is 8.74. The lowest BCUT2D eigenvalue weighted by molar-refractivity contribution is -0.384. The first kappa shape index (κ1) is 32.8. The van der Waals surface area contributed by atoms with Gasteiger partial charge in [-0.3, -0.25) is 23.8 Å². The quantitative estimate of drug-likeness (QED) is 0.0529. The molecule has 22 heteroatoms. The lowest BCUT2D eigenvalue weighted by Crippen LogP contribution is -2.00. The topological polar surface area (TPSA) is 311 Å². The highest BCUT2D eigenvalue weighted by Gasteiger charge is 2.25. The van der Waals surface area contributed by atoms with Crippen LogP contribution in [0.3, 0.4) is 0 Å². The normalized spacial score (nSPS) is 12.7. The van der Waals surface area contributed by atoms with E-state index >= 15 is 0 Å². The number of rotatable bonds is 9. The molecule has 0 fully saturated rings. The van der Waals surface area contributed by atoms with Crippen LogP contribution in [0.2, 0.25) is 0 Å². The van der Waals surface area contributed by atoms with Gasteiger partial charge in [0.2, 0.25) is 0 Å². The number of azo groups is 2. The predicted octanol–water partition coefficient (Wildman–Crippen LogP) is 4.62. The lowest BCUT2D eigenvalue weighted by Gasteiger charge is -2.12. The third-order valence-corrected chi connectivity index (χ3v) is 8.49. The van der Waals surface area contributed by atoms with Crippen molar-refractivity contribution >= 4 is 75.3 Å². The number of aromatic hydroxyl groups is 1. The van der Waals surface area contributed by atoms with Crippen molar-refractivity contribution in [1.29, 1.82) is 0 Å². The van der Waals surface area contributed by atoms with E-state index in [4.69, 9.17) is 10.5 Å². The maximum Gasteiger partial charge on any atom is 0.298 e. The molecule has 236 valence electrons. The van der Waals surface area contributed by atoms with Crippen molar-refractivity contribution in [3.05, 3.63) is 64.7 Å². The van der Waals surface area contributed by atoms with E-state index in [1.54, 1.807) is 0 Å². The molecule has 4 rings (SSSR count). The van der Waals surface area contributed by atoms with E-state index in [2.05, 4.69) is 20.5 Å². The third kappa shape index (κ3) is 6.84. The lowest BCUT2D eigenvalue weighted by atomic mass is 10.1. The summed E-state index contributed by atoms with van der Waals surface area (Å²) in [5.41, 5.74) is 3.12. The number of nitrogens with zero attached hydrogens (tertiary/aromatic N) is 5. The Morgan fingerprint density at radius 3 is 1.84 bits per heavy atom. The van der Waals surface area contributed by atoms with Crippen molar-refractivity contribution in [1.82, 2.24) is 0 Å². The van der Waals surface area contributed by atoms with E-state index in [0.29, 0.717) is 6.07 Å². The molecule has 0 aliphatic heterocycles. The number of hydrogen-bond donors (Lipinski definition) is 5. The zero-order valence-electron chi connectivity index (χ0n) is 22.2. The molecule has 4 aromatic carbocycles. The van der Waals surface area contributed by atoms with Crippen LogP contribution in [0.25, 0.3) is 10.8 Å². The van der Waals surface area contributed by atoms with Crippen molar-refractivity contribution in [2.75, 3.05) is 12.8 Å². The second-order valence-corrected chi connectivity index (χ2v) is 13.0. The number of anilines is 1. The smallest absolute Gasteiger partial charge is 0.298 e. The molecule has 0 unspecified atom stereocenters. The monoisotopic (exact) mass is 682 g/mol. The summed E-state index contributed by atoms with van der Waals surface area (Å²) >= 11 is 0. The van der Waals surface area contributed by atoms with Crippen LogP contribution in [0.1, 0.15) is 0 Å². The van der Waals surface area contributed by atoms with Gasteiger partial charge in [0, 0.05) is 22.9 Å². The Hall–Kier alpha value is -5.13. The molecule has 0 saturated carbocycles. The number of nitro benzene ring substituents is 1. The molecule has 19 nitrogen and oxygen atoms in total. The number of fused-ring (bicyclic) bond motifs is 1. The Morgan fingerprint density at radius 2 is 1.29 bits per heavy atom. The zero-order valence-corrected chi connectivity index (χ0v) is 24.6. The highest BCUT2D eigenvalue weighted by Crippen LogP contribution is 2.46. The third-order valence-electron chi connectivity index (χ3n) is 5.92. The van der Waals surface area contributed by atoms with Crippen LogP contribution in [-0.2, 0) is 30.4 Å². The first-order valence-corrected chi connectivity index (χ1v) is 16.0. The number of nitrogen functional groups attached to an aromatic ring is 1.